The number of hydrogen-bond donors (Lipinski definition) is 1. The first-order valence-electron chi connectivity index (χ1n) is 9.01. The van der Waals surface area contributed by atoms with Crippen LogP contribution < -0.4 is 21.1 Å². The van der Waals surface area contributed by atoms with E-state index in [2.05, 4.69) is 10.3 Å². The highest BCUT2D eigenvalue weighted by molar-refractivity contribution is 6.04. The van der Waals surface area contributed by atoms with E-state index in [1.165, 1.54) is 4.90 Å². The van der Waals surface area contributed by atoms with Gasteiger partial charge in [-0.2, -0.15) is 0 Å². The van der Waals surface area contributed by atoms with E-state index in [0.717, 1.165) is 12.8 Å². The second-order valence-electron chi connectivity index (χ2n) is 7.65. The fraction of sp³-hybridized carbons (Fsp3) is 0.500. The minimum absolute atomic E-state index is 0.0467. The first-order chi connectivity index (χ1) is 12.2. The molecule has 0 aliphatic heterocycles. The number of amides is 1. The molecule has 0 saturated heterocycles. The van der Waals surface area contributed by atoms with Crippen LogP contribution in [-0.2, 0) is 4.79 Å². The van der Waals surface area contributed by atoms with Crippen LogP contribution in [0.4, 0.5) is 17.1 Å². The standard InChI is InChI=1S/C20H27N3O3/c1-6-7-8-15(24)23(14-9-11-21-12-10-14)17-16(18(25)19(17)26)22-13(2)20(3,4)5/h9-13,22H,6-8H2,1-5H3. The largest absolute Gasteiger partial charge is 0.377 e. The molecule has 0 fully saturated rings. The summed E-state index contributed by atoms with van der Waals surface area (Å²) in [5.41, 5.74) is -0.407. The Labute approximate surface area is 153 Å². The van der Waals surface area contributed by atoms with Crippen LogP contribution in [0.15, 0.2) is 34.1 Å². The summed E-state index contributed by atoms with van der Waals surface area (Å²) in [7, 11) is 0. The summed E-state index contributed by atoms with van der Waals surface area (Å²) in [5.74, 6) is -0.198. The molecule has 0 bridgehead atoms. The van der Waals surface area contributed by atoms with Gasteiger partial charge in [0, 0.05) is 24.9 Å². The molecule has 1 amide bonds. The molecule has 1 heterocycles. The summed E-state index contributed by atoms with van der Waals surface area (Å²) in [5, 5.41) is 3.15. The molecule has 2 rings (SSSR count). The summed E-state index contributed by atoms with van der Waals surface area (Å²) in [6.07, 6.45) is 5.02. The van der Waals surface area contributed by atoms with Gasteiger partial charge in [-0.3, -0.25) is 24.3 Å². The van der Waals surface area contributed by atoms with Crippen LogP contribution in [0.3, 0.4) is 0 Å². The van der Waals surface area contributed by atoms with E-state index in [1.54, 1.807) is 24.5 Å². The van der Waals surface area contributed by atoms with Crippen molar-refractivity contribution in [3.63, 3.8) is 0 Å². The molecule has 0 aliphatic carbocycles. The lowest BCUT2D eigenvalue weighted by Crippen LogP contribution is -2.45. The Morgan fingerprint density at radius 2 is 1.81 bits per heavy atom. The van der Waals surface area contributed by atoms with Crippen molar-refractivity contribution in [3.8, 4) is 0 Å². The highest BCUT2D eigenvalue weighted by Gasteiger charge is 2.33. The number of carbonyl (C=O) groups is 1. The van der Waals surface area contributed by atoms with Gasteiger partial charge < -0.3 is 5.32 Å². The number of hydrogen-bond acceptors (Lipinski definition) is 5. The van der Waals surface area contributed by atoms with Gasteiger partial charge >= 0.3 is 0 Å². The van der Waals surface area contributed by atoms with Crippen LogP contribution >= 0.6 is 0 Å². The second kappa shape index (κ2) is 7.81. The topological polar surface area (TPSA) is 79.4 Å². The molecule has 1 aromatic carbocycles. The molecule has 0 radical (unpaired) electrons. The number of aromatic nitrogens is 1. The molecule has 140 valence electrons. The predicted octanol–water partition coefficient (Wildman–Crippen LogP) is 3.38. The molecule has 0 spiro atoms. The third kappa shape index (κ3) is 4.00. The Morgan fingerprint density at radius 3 is 2.35 bits per heavy atom. The van der Waals surface area contributed by atoms with E-state index in [-0.39, 0.29) is 28.7 Å². The summed E-state index contributed by atoms with van der Waals surface area (Å²) in [4.78, 5) is 42.6. The smallest absolute Gasteiger partial charge is 0.254 e. The number of unbranched alkanes of at least 4 members (excludes halogenated alkanes) is 1. The normalized spacial score (nSPS) is 12.8. The van der Waals surface area contributed by atoms with Gasteiger partial charge in [0.2, 0.25) is 5.91 Å². The average Bonchev–Trinajstić information content (AvgIpc) is 2.61. The zero-order chi connectivity index (χ0) is 19.5. The van der Waals surface area contributed by atoms with Crippen molar-refractivity contribution in [2.75, 3.05) is 10.2 Å². The molecule has 1 N–H and O–H groups in total. The molecule has 26 heavy (non-hydrogen) atoms. The Morgan fingerprint density at radius 1 is 1.19 bits per heavy atom. The maximum atomic E-state index is 12.8. The number of nitrogens with zero attached hydrogens (tertiary/aromatic N) is 2. The summed E-state index contributed by atoms with van der Waals surface area (Å²) in [6.45, 7) is 10.1. The third-order valence-electron chi connectivity index (χ3n) is 4.68. The molecule has 1 unspecified atom stereocenters. The highest BCUT2D eigenvalue weighted by Crippen LogP contribution is 2.32. The summed E-state index contributed by atoms with van der Waals surface area (Å²) < 4.78 is 0. The van der Waals surface area contributed by atoms with Crippen molar-refractivity contribution in [2.24, 2.45) is 5.41 Å². The van der Waals surface area contributed by atoms with Gasteiger partial charge in [-0.25, -0.2) is 0 Å². The lowest BCUT2D eigenvalue weighted by molar-refractivity contribution is -0.118. The maximum absolute atomic E-state index is 12.8. The lowest BCUT2D eigenvalue weighted by atomic mass is 9.87. The molecule has 6 nitrogen and oxygen atoms in total. The second-order valence-corrected chi connectivity index (χ2v) is 7.65. The van der Waals surface area contributed by atoms with Crippen molar-refractivity contribution < 1.29 is 4.79 Å². The number of pyridine rings is 1. The van der Waals surface area contributed by atoms with Crippen LogP contribution in [-0.4, -0.2) is 16.9 Å². The first kappa shape index (κ1) is 19.8. The molecule has 1 atom stereocenters. The quantitative estimate of drug-likeness (QED) is 0.769. The Hall–Kier alpha value is -2.50. The monoisotopic (exact) mass is 357 g/mol. The van der Waals surface area contributed by atoms with Crippen molar-refractivity contribution in [3.05, 3.63) is 45.0 Å². The van der Waals surface area contributed by atoms with E-state index in [9.17, 15) is 14.4 Å². The van der Waals surface area contributed by atoms with Gasteiger partial charge in [0.05, 0.1) is 5.69 Å². The minimum atomic E-state index is -0.629. The predicted molar refractivity (Wildman–Crippen MR) is 105 cm³/mol. The number of nitrogens with one attached hydrogen (secondary N) is 1. The van der Waals surface area contributed by atoms with Crippen LogP contribution in [0.5, 0.6) is 0 Å². The van der Waals surface area contributed by atoms with Crippen LogP contribution in [0.1, 0.15) is 53.9 Å². The number of anilines is 3. The molecular formula is C20H27N3O3. The van der Waals surface area contributed by atoms with E-state index >= 15 is 0 Å². The van der Waals surface area contributed by atoms with Crippen molar-refractivity contribution in [1.29, 1.82) is 0 Å². The van der Waals surface area contributed by atoms with Gasteiger partial charge in [0.15, 0.2) is 0 Å². The SMILES string of the molecule is CCCCC(=O)N(c1ccncc1)c1c(NC(C)C(C)(C)C)c(=O)c1=O. The van der Waals surface area contributed by atoms with Crippen LogP contribution in [0.2, 0.25) is 0 Å². The van der Waals surface area contributed by atoms with Gasteiger partial charge in [0.1, 0.15) is 11.4 Å². The van der Waals surface area contributed by atoms with Crippen molar-refractivity contribution in [2.45, 2.75) is 59.9 Å². The minimum Gasteiger partial charge on any atom is -0.377 e. The molecule has 6 heteroatoms. The third-order valence-corrected chi connectivity index (χ3v) is 4.68. The zero-order valence-corrected chi connectivity index (χ0v) is 16.1. The Kier molecular flexibility index (Phi) is 5.95. The van der Waals surface area contributed by atoms with Crippen LogP contribution in [0, 0.1) is 5.41 Å². The Balaban J connectivity index is 2.46. The lowest BCUT2D eigenvalue weighted by Gasteiger charge is -2.32. The molecule has 0 saturated carbocycles. The van der Waals surface area contributed by atoms with Crippen molar-refractivity contribution in [1.82, 2.24) is 4.98 Å². The molecule has 1 aromatic heterocycles. The summed E-state index contributed by atoms with van der Waals surface area (Å²) in [6, 6.07) is 3.28. The van der Waals surface area contributed by atoms with Crippen molar-refractivity contribution >= 4 is 23.0 Å². The molecule has 0 aliphatic rings. The van der Waals surface area contributed by atoms with Gasteiger partial charge in [-0.15, -0.1) is 0 Å². The molecular weight excluding hydrogens is 330 g/mol. The van der Waals surface area contributed by atoms with E-state index in [0.29, 0.717) is 12.1 Å². The highest BCUT2D eigenvalue weighted by atomic mass is 16.2. The maximum Gasteiger partial charge on any atom is 0.254 e. The van der Waals surface area contributed by atoms with Gasteiger partial charge in [-0.1, -0.05) is 34.1 Å². The zero-order valence-electron chi connectivity index (χ0n) is 16.1. The number of carbonyl (C=O) groups excluding carboxylic acids is 1. The van der Waals surface area contributed by atoms with Crippen LogP contribution in [0.25, 0.3) is 0 Å². The van der Waals surface area contributed by atoms with Gasteiger partial charge in [-0.05, 0) is 30.9 Å². The van der Waals surface area contributed by atoms with E-state index in [1.807, 2.05) is 34.6 Å². The summed E-state index contributed by atoms with van der Waals surface area (Å²) >= 11 is 0. The number of rotatable bonds is 7. The fourth-order valence-electron chi connectivity index (χ4n) is 2.49. The molecule has 2 aromatic rings. The average molecular weight is 357 g/mol. The first-order valence-corrected chi connectivity index (χ1v) is 9.01. The van der Waals surface area contributed by atoms with Gasteiger partial charge in [0.25, 0.3) is 10.9 Å². The Bertz CT molecular complexity index is 830. The van der Waals surface area contributed by atoms with E-state index in [4.69, 9.17) is 0 Å². The van der Waals surface area contributed by atoms with E-state index < -0.39 is 10.9 Å². The fourth-order valence-corrected chi connectivity index (χ4v) is 2.49.